The Morgan fingerprint density at radius 1 is 1.06 bits per heavy atom. The third kappa shape index (κ3) is 5.36. The van der Waals surface area contributed by atoms with Crippen molar-refractivity contribution in [3.63, 3.8) is 0 Å². The summed E-state index contributed by atoms with van der Waals surface area (Å²) in [5.74, 6) is 0. The highest BCUT2D eigenvalue weighted by atomic mass is 15.2. The van der Waals surface area contributed by atoms with Crippen LogP contribution < -0.4 is 5.73 Å². The van der Waals surface area contributed by atoms with E-state index >= 15 is 0 Å². The highest BCUT2D eigenvalue weighted by Crippen LogP contribution is 2.21. The molecule has 17 heavy (non-hydrogen) atoms. The molecular formula is C14H31N3. The van der Waals surface area contributed by atoms with Gasteiger partial charge in [0.05, 0.1) is 0 Å². The molecule has 0 aromatic rings. The van der Waals surface area contributed by atoms with Crippen LogP contribution in [0.15, 0.2) is 0 Å². The molecular weight excluding hydrogens is 210 g/mol. The summed E-state index contributed by atoms with van der Waals surface area (Å²) < 4.78 is 0. The van der Waals surface area contributed by atoms with Gasteiger partial charge in [-0.3, -0.25) is 4.90 Å². The van der Waals surface area contributed by atoms with Crippen molar-refractivity contribution in [3.05, 3.63) is 0 Å². The lowest BCUT2D eigenvalue weighted by Gasteiger charge is -2.34. The first-order valence-electron chi connectivity index (χ1n) is 7.29. The Bertz CT molecular complexity index is 194. The van der Waals surface area contributed by atoms with Crippen molar-refractivity contribution in [1.29, 1.82) is 0 Å². The molecule has 0 amide bonds. The summed E-state index contributed by atoms with van der Waals surface area (Å²) in [4.78, 5) is 4.88. The van der Waals surface area contributed by atoms with Crippen molar-refractivity contribution in [2.45, 2.75) is 57.5 Å². The number of likely N-dealkylation sites (N-methyl/N-ethyl adjacent to an activating group) is 1. The van der Waals surface area contributed by atoms with Crippen molar-refractivity contribution in [2.24, 2.45) is 5.73 Å². The fourth-order valence-corrected chi connectivity index (χ4v) is 2.92. The van der Waals surface area contributed by atoms with Gasteiger partial charge in [-0.25, -0.2) is 0 Å². The van der Waals surface area contributed by atoms with Gasteiger partial charge in [0.25, 0.3) is 0 Å². The van der Waals surface area contributed by atoms with Crippen LogP contribution in [-0.4, -0.2) is 55.6 Å². The SMILES string of the molecule is CCN(CCCN(C)C)C1CCCCCC1N. The molecule has 3 heteroatoms. The monoisotopic (exact) mass is 241 g/mol. The van der Waals surface area contributed by atoms with E-state index in [0.29, 0.717) is 12.1 Å². The molecule has 2 atom stereocenters. The molecule has 0 spiro atoms. The number of nitrogens with zero attached hydrogens (tertiary/aromatic N) is 2. The molecule has 1 saturated carbocycles. The van der Waals surface area contributed by atoms with E-state index in [4.69, 9.17) is 5.73 Å². The van der Waals surface area contributed by atoms with Gasteiger partial charge in [-0.15, -0.1) is 0 Å². The van der Waals surface area contributed by atoms with Gasteiger partial charge in [0.15, 0.2) is 0 Å². The van der Waals surface area contributed by atoms with Crippen molar-refractivity contribution < 1.29 is 0 Å². The fraction of sp³-hybridized carbons (Fsp3) is 1.00. The molecule has 0 heterocycles. The average Bonchev–Trinajstić information content (AvgIpc) is 2.49. The minimum atomic E-state index is 0.400. The molecule has 1 rings (SSSR count). The predicted molar refractivity (Wildman–Crippen MR) is 75.3 cm³/mol. The summed E-state index contributed by atoms with van der Waals surface area (Å²) in [6.07, 6.45) is 7.84. The zero-order chi connectivity index (χ0) is 12.7. The molecule has 1 fully saturated rings. The van der Waals surface area contributed by atoms with Crippen molar-refractivity contribution in [3.8, 4) is 0 Å². The lowest BCUT2D eigenvalue weighted by atomic mass is 10.0. The number of rotatable bonds is 6. The molecule has 0 aliphatic heterocycles. The van der Waals surface area contributed by atoms with E-state index in [1.807, 2.05) is 0 Å². The van der Waals surface area contributed by atoms with Crippen LogP contribution in [0.25, 0.3) is 0 Å². The zero-order valence-corrected chi connectivity index (χ0v) is 12.0. The summed E-state index contributed by atoms with van der Waals surface area (Å²) in [6.45, 7) is 5.80. The molecule has 3 nitrogen and oxygen atoms in total. The first-order valence-corrected chi connectivity index (χ1v) is 7.29. The maximum absolute atomic E-state index is 6.33. The van der Waals surface area contributed by atoms with Gasteiger partial charge < -0.3 is 10.6 Å². The van der Waals surface area contributed by atoms with Gasteiger partial charge in [0.2, 0.25) is 0 Å². The molecule has 102 valence electrons. The first-order chi connectivity index (χ1) is 8.15. The number of nitrogens with two attached hydrogens (primary N) is 1. The van der Waals surface area contributed by atoms with Gasteiger partial charge in [-0.1, -0.05) is 26.2 Å². The maximum atomic E-state index is 6.33. The number of hydrogen-bond donors (Lipinski definition) is 1. The van der Waals surface area contributed by atoms with E-state index in [1.165, 1.54) is 51.6 Å². The van der Waals surface area contributed by atoms with E-state index in [1.54, 1.807) is 0 Å². The van der Waals surface area contributed by atoms with Crippen LogP contribution in [0.3, 0.4) is 0 Å². The second kappa shape index (κ2) is 8.06. The minimum Gasteiger partial charge on any atom is -0.326 e. The molecule has 0 radical (unpaired) electrons. The summed E-state index contributed by atoms with van der Waals surface area (Å²) >= 11 is 0. The second-order valence-corrected chi connectivity index (χ2v) is 5.65. The largest absolute Gasteiger partial charge is 0.326 e. The van der Waals surface area contributed by atoms with E-state index < -0.39 is 0 Å². The van der Waals surface area contributed by atoms with Crippen LogP contribution in [0.2, 0.25) is 0 Å². The molecule has 1 aliphatic rings. The summed E-state index contributed by atoms with van der Waals surface area (Å²) in [7, 11) is 4.29. The van der Waals surface area contributed by atoms with E-state index in [2.05, 4.69) is 30.8 Å². The van der Waals surface area contributed by atoms with Crippen LogP contribution in [-0.2, 0) is 0 Å². The summed E-state index contributed by atoms with van der Waals surface area (Å²) in [5, 5.41) is 0. The summed E-state index contributed by atoms with van der Waals surface area (Å²) in [5.41, 5.74) is 6.33. The fourth-order valence-electron chi connectivity index (χ4n) is 2.92. The van der Waals surface area contributed by atoms with Gasteiger partial charge in [0, 0.05) is 12.1 Å². The Labute approximate surface area is 107 Å². The Hall–Kier alpha value is -0.120. The Morgan fingerprint density at radius 3 is 2.41 bits per heavy atom. The number of hydrogen-bond acceptors (Lipinski definition) is 3. The third-order valence-electron chi connectivity index (χ3n) is 3.96. The molecule has 0 saturated heterocycles. The zero-order valence-electron chi connectivity index (χ0n) is 12.0. The highest BCUT2D eigenvalue weighted by molar-refractivity contribution is 4.84. The lowest BCUT2D eigenvalue weighted by Crippen LogP contribution is -2.47. The Morgan fingerprint density at radius 2 is 1.76 bits per heavy atom. The van der Waals surface area contributed by atoms with Gasteiger partial charge >= 0.3 is 0 Å². The molecule has 0 aromatic heterocycles. The second-order valence-electron chi connectivity index (χ2n) is 5.65. The molecule has 0 aromatic carbocycles. The molecule has 0 bridgehead atoms. The van der Waals surface area contributed by atoms with Crippen LogP contribution in [0.1, 0.15) is 45.4 Å². The summed E-state index contributed by atoms with van der Waals surface area (Å²) in [6, 6.07) is 1.03. The van der Waals surface area contributed by atoms with Gasteiger partial charge in [-0.05, 0) is 53.0 Å². The standard InChI is InChI=1S/C14H31N3/c1-4-17(12-8-11-16(2)3)14-10-7-5-6-9-13(14)15/h13-14H,4-12,15H2,1-3H3. The first kappa shape index (κ1) is 14.9. The molecule has 2 N–H and O–H groups in total. The van der Waals surface area contributed by atoms with Crippen molar-refractivity contribution in [1.82, 2.24) is 9.80 Å². The van der Waals surface area contributed by atoms with Crippen LogP contribution >= 0.6 is 0 Å². The van der Waals surface area contributed by atoms with Gasteiger partial charge in [-0.2, -0.15) is 0 Å². The third-order valence-corrected chi connectivity index (χ3v) is 3.96. The van der Waals surface area contributed by atoms with Crippen molar-refractivity contribution >= 4 is 0 Å². The predicted octanol–water partition coefficient (Wildman–Crippen LogP) is 1.92. The smallest absolute Gasteiger partial charge is 0.0247 e. The Balaban J connectivity index is 2.40. The Kier molecular flexibility index (Phi) is 7.09. The maximum Gasteiger partial charge on any atom is 0.0247 e. The average molecular weight is 241 g/mol. The van der Waals surface area contributed by atoms with Crippen LogP contribution in [0, 0.1) is 0 Å². The van der Waals surface area contributed by atoms with E-state index in [0.717, 1.165) is 6.54 Å². The van der Waals surface area contributed by atoms with Gasteiger partial charge in [0.1, 0.15) is 0 Å². The quantitative estimate of drug-likeness (QED) is 0.721. The van der Waals surface area contributed by atoms with E-state index in [9.17, 15) is 0 Å². The topological polar surface area (TPSA) is 32.5 Å². The van der Waals surface area contributed by atoms with Crippen molar-refractivity contribution in [2.75, 3.05) is 33.7 Å². The van der Waals surface area contributed by atoms with E-state index in [-0.39, 0.29) is 0 Å². The van der Waals surface area contributed by atoms with Crippen LogP contribution in [0.5, 0.6) is 0 Å². The lowest BCUT2D eigenvalue weighted by molar-refractivity contribution is 0.163. The van der Waals surface area contributed by atoms with Crippen LogP contribution in [0.4, 0.5) is 0 Å². The minimum absolute atomic E-state index is 0.400. The normalized spacial score (nSPS) is 26.5. The highest BCUT2D eigenvalue weighted by Gasteiger charge is 2.24. The molecule has 2 unspecified atom stereocenters. The molecule has 1 aliphatic carbocycles.